The minimum Gasteiger partial charge on any atom is -0.469 e. The number of pyridine rings is 1. The second-order valence-electron chi connectivity index (χ2n) is 5.67. The molecule has 1 aromatic heterocycles. The summed E-state index contributed by atoms with van der Waals surface area (Å²) in [5, 5.41) is 4.13. The third-order valence-electron chi connectivity index (χ3n) is 4.45. The molecule has 2 atom stereocenters. The van der Waals surface area contributed by atoms with E-state index in [9.17, 15) is 4.79 Å². The van der Waals surface area contributed by atoms with Crippen LogP contribution < -0.4 is 5.01 Å². The van der Waals surface area contributed by atoms with Gasteiger partial charge in [-0.25, -0.2) is 4.98 Å². The van der Waals surface area contributed by atoms with Crippen LogP contribution >= 0.6 is 0 Å². The lowest BCUT2D eigenvalue weighted by Crippen LogP contribution is -2.35. The van der Waals surface area contributed by atoms with E-state index in [0.717, 1.165) is 16.9 Å². The number of hydrogen-bond donors (Lipinski definition) is 0. The summed E-state index contributed by atoms with van der Waals surface area (Å²) in [7, 11) is 1.45. The van der Waals surface area contributed by atoms with Crippen molar-refractivity contribution in [3.05, 3.63) is 66.0 Å². The molecule has 0 amide bonds. The summed E-state index contributed by atoms with van der Waals surface area (Å²) < 4.78 is 5.05. The first-order valence-electron chi connectivity index (χ1n) is 7.61. The van der Waals surface area contributed by atoms with Gasteiger partial charge in [-0.1, -0.05) is 30.3 Å². The number of carbonyl (C=O) groups is 1. The van der Waals surface area contributed by atoms with Gasteiger partial charge >= 0.3 is 5.97 Å². The van der Waals surface area contributed by atoms with Crippen LogP contribution in [0.15, 0.2) is 54.9 Å². The fourth-order valence-electron chi connectivity index (χ4n) is 3.41. The molecule has 2 aromatic rings. The molecule has 3 heterocycles. The smallest absolute Gasteiger partial charge is 0.313 e. The number of benzene rings is 1. The van der Waals surface area contributed by atoms with Crippen LogP contribution in [0.1, 0.15) is 17.2 Å². The lowest BCUT2D eigenvalue weighted by molar-refractivity contribution is -0.145. The minimum absolute atomic E-state index is 0.0642. The number of carbonyl (C=O) groups excluding carboxylic acids is 1. The van der Waals surface area contributed by atoms with Gasteiger partial charge in [0.05, 0.1) is 19.7 Å². The Hall–Kier alpha value is -2.82. The van der Waals surface area contributed by atoms with E-state index in [2.05, 4.69) is 28.2 Å². The van der Waals surface area contributed by atoms with E-state index in [0.29, 0.717) is 6.54 Å². The van der Waals surface area contributed by atoms with Gasteiger partial charge in [0.25, 0.3) is 0 Å². The SMILES string of the molecule is COC(=O)[C@@H]1CN(c2ccccn2)N2C=Cc3ccccc3[C@H]12. The van der Waals surface area contributed by atoms with Crippen LogP contribution in [0.4, 0.5) is 5.82 Å². The van der Waals surface area contributed by atoms with Gasteiger partial charge in [0.2, 0.25) is 0 Å². The Morgan fingerprint density at radius 3 is 2.83 bits per heavy atom. The molecule has 116 valence electrons. The summed E-state index contributed by atoms with van der Waals surface area (Å²) in [4.78, 5) is 16.8. The van der Waals surface area contributed by atoms with Gasteiger partial charge in [0.15, 0.2) is 0 Å². The van der Waals surface area contributed by atoms with Crippen molar-refractivity contribution in [2.24, 2.45) is 5.92 Å². The molecule has 0 saturated carbocycles. The van der Waals surface area contributed by atoms with Gasteiger partial charge in [-0.15, -0.1) is 0 Å². The van der Waals surface area contributed by atoms with Crippen LogP contribution in [0, 0.1) is 5.92 Å². The molecule has 5 heteroatoms. The van der Waals surface area contributed by atoms with Crippen LogP contribution in [0.3, 0.4) is 0 Å². The second-order valence-corrected chi connectivity index (χ2v) is 5.67. The summed E-state index contributed by atoms with van der Waals surface area (Å²) in [5.74, 6) is 0.379. The highest BCUT2D eigenvalue weighted by Crippen LogP contribution is 2.43. The molecule has 2 aliphatic heterocycles. The van der Waals surface area contributed by atoms with E-state index in [4.69, 9.17) is 4.74 Å². The number of anilines is 1. The zero-order valence-electron chi connectivity index (χ0n) is 12.8. The lowest BCUT2D eigenvalue weighted by Gasteiger charge is -2.35. The van der Waals surface area contributed by atoms with Crippen molar-refractivity contribution in [1.29, 1.82) is 0 Å². The molecule has 1 fully saturated rings. The molecule has 0 radical (unpaired) electrons. The van der Waals surface area contributed by atoms with Gasteiger partial charge in [-0.3, -0.25) is 14.8 Å². The maximum atomic E-state index is 12.3. The molecule has 1 saturated heterocycles. The van der Waals surface area contributed by atoms with Crippen LogP contribution in [0.2, 0.25) is 0 Å². The standard InChI is InChI=1S/C18H17N3O2/c1-23-18(22)15-12-21(16-8-4-5-10-19-16)20-11-9-13-6-2-3-7-14(13)17(15)20/h2-11,15,17H,12H2,1H3/t15-,17-/m1/s1. The summed E-state index contributed by atoms with van der Waals surface area (Å²) >= 11 is 0. The zero-order valence-corrected chi connectivity index (χ0v) is 12.8. The largest absolute Gasteiger partial charge is 0.469 e. The Balaban J connectivity index is 1.80. The normalized spacial score (nSPS) is 21.8. The fraction of sp³-hybridized carbons (Fsp3) is 0.222. The van der Waals surface area contributed by atoms with E-state index in [1.165, 1.54) is 7.11 Å². The van der Waals surface area contributed by atoms with Crippen molar-refractivity contribution in [3.63, 3.8) is 0 Å². The Bertz CT molecular complexity index is 760. The van der Waals surface area contributed by atoms with Gasteiger partial charge < -0.3 is 4.74 Å². The van der Waals surface area contributed by atoms with Crippen LogP contribution in [-0.2, 0) is 9.53 Å². The average Bonchev–Trinajstić information content (AvgIpc) is 3.02. The van der Waals surface area contributed by atoms with Crippen molar-refractivity contribution in [2.45, 2.75) is 6.04 Å². The maximum absolute atomic E-state index is 12.3. The monoisotopic (exact) mass is 307 g/mol. The molecule has 0 N–H and O–H groups in total. The van der Waals surface area contributed by atoms with Crippen molar-refractivity contribution in [2.75, 3.05) is 18.7 Å². The molecular weight excluding hydrogens is 290 g/mol. The van der Waals surface area contributed by atoms with Gasteiger partial charge in [-0.05, 0) is 29.3 Å². The number of rotatable bonds is 2. The van der Waals surface area contributed by atoms with Gasteiger partial charge in [0.1, 0.15) is 11.7 Å². The average molecular weight is 307 g/mol. The number of hydrazine groups is 1. The molecule has 2 aliphatic rings. The second kappa shape index (κ2) is 5.43. The predicted octanol–water partition coefficient (Wildman–Crippen LogP) is 2.63. The quantitative estimate of drug-likeness (QED) is 0.798. The molecule has 0 spiro atoms. The molecule has 1 aromatic carbocycles. The first-order chi connectivity index (χ1) is 11.3. The third-order valence-corrected chi connectivity index (χ3v) is 4.45. The van der Waals surface area contributed by atoms with Crippen molar-refractivity contribution in [3.8, 4) is 0 Å². The first-order valence-corrected chi connectivity index (χ1v) is 7.61. The summed E-state index contributed by atoms with van der Waals surface area (Å²) in [6.07, 6.45) is 5.85. The highest BCUT2D eigenvalue weighted by molar-refractivity contribution is 5.76. The van der Waals surface area contributed by atoms with E-state index < -0.39 is 0 Å². The topological polar surface area (TPSA) is 45.7 Å². The highest BCUT2D eigenvalue weighted by atomic mass is 16.5. The number of hydrogen-bond acceptors (Lipinski definition) is 5. The van der Waals surface area contributed by atoms with E-state index in [1.54, 1.807) is 6.20 Å². The number of ether oxygens (including phenoxy) is 1. The zero-order chi connectivity index (χ0) is 15.8. The molecule has 0 bridgehead atoms. The third kappa shape index (κ3) is 2.16. The maximum Gasteiger partial charge on any atom is 0.313 e. The van der Waals surface area contributed by atoms with Gasteiger partial charge in [0, 0.05) is 12.4 Å². The highest BCUT2D eigenvalue weighted by Gasteiger charge is 2.46. The van der Waals surface area contributed by atoms with Crippen molar-refractivity contribution >= 4 is 17.9 Å². The molecule has 4 rings (SSSR count). The number of aromatic nitrogens is 1. The Kier molecular flexibility index (Phi) is 3.26. The van der Waals surface area contributed by atoms with Crippen LogP contribution in [-0.4, -0.2) is 29.6 Å². The Morgan fingerprint density at radius 2 is 2.04 bits per heavy atom. The summed E-state index contributed by atoms with van der Waals surface area (Å²) in [6.45, 7) is 0.549. The molecular formula is C18H17N3O2. The van der Waals surface area contributed by atoms with E-state index in [1.807, 2.05) is 41.5 Å². The van der Waals surface area contributed by atoms with Crippen molar-refractivity contribution < 1.29 is 9.53 Å². The summed E-state index contributed by atoms with van der Waals surface area (Å²) in [5.41, 5.74) is 2.29. The first kappa shape index (κ1) is 13.8. The van der Waals surface area contributed by atoms with E-state index in [-0.39, 0.29) is 17.9 Å². The molecule has 5 nitrogen and oxygen atoms in total. The number of nitrogens with zero attached hydrogens (tertiary/aromatic N) is 3. The predicted molar refractivity (Wildman–Crippen MR) is 87.1 cm³/mol. The summed E-state index contributed by atoms with van der Waals surface area (Å²) in [6, 6.07) is 13.9. The number of methoxy groups -OCH3 is 1. The lowest BCUT2D eigenvalue weighted by atomic mass is 9.89. The van der Waals surface area contributed by atoms with Gasteiger partial charge in [-0.2, -0.15) is 0 Å². The Morgan fingerprint density at radius 1 is 1.22 bits per heavy atom. The van der Waals surface area contributed by atoms with E-state index >= 15 is 0 Å². The molecule has 0 unspecified atom stereocenters. The fourth-order valence-corrected chi connectivity index (χ4v) is 3.41. The van der Waals surface area contributed by atoms with Crippen LogP contribution in [0.5, 0.6) is 0 Å². The number of esters is 1. The van der Waals surface area contributed by atoms with Crippen molar-refractivity contribution in [1.82, 2.24) is 9.99 Å². The molecule has 23 heavy (non-hydrogen) atoms. The number of fused-ring (bicyclic) bond motifs is 3. The Labute approximate surface area is 134 Å². The minimum atomic E-state index is -0.256. The molecule has 0 aliphatic carbocycles. The van der Waals surface area contributed by atoms with Crippen LogP contribution in [0.25, 0.3) is 6.08 Å².